The summed E-state index contributed by atoms with van der Waals surface area (Å²) < 4.78 is 44.2. The molecule has 0 amide bonds. The highest BCUT2D eigenvalue weighted by Gasteiger charge is 2.35. The van der Waals surface area contributed by atoms with Gasteiger partial charge in [-0.2, -0.15) is 13.2 Å². The number of ether oxygens (including phenoxy) is 1. The van der Waals surface area contributed by atoms with Crippen LogP contribution in [0.1, 0.15) is 18.1 Å². The minimum Gasteiger partial charge on any atom is -0.465 e. The van der Waals surface area contributed by atoms with Crippen molar-refractivity contribution in [2.45, 2.75) is 25.7 Å². The zero-order valence-electron chi connectivity index (χ0n) is 12.3. The number of nitrogens with one attached hydrogen (secondary N) is 1. The molecule has 7 heteroatoms. The summed E-state index contributed by atoms with van der Waals surface area (Å²) in [6.07, 6.45) is -4.40. The molecule has 4 nitrogen and oxygen atoms in total. The van der Waals surface area contributed by atoms with E-state index in [0.717, 1.165) is 6.07 Å². The van der Waals surface area contributed by atoms with E-state index >= 15 is 0 Å². The molecule has 22 heavy (non-hydrogen) atoms. The van der Waals surface area contributed by atoms with E-state index in [-0.39, 0.29) is 18.7 Å². The van der Waals surface area contributed by atoms with E-state index in [1.165, 1.54) is 12.1 Å². The number of esters is 1. The van der Waals surface area contributed by atoms with Crippen molar-refractivity contribution in [1.29, 1.82) is 0 Å². The Bertz CT molecular complexity index is 520. The fourth-order valence-electron chi connectivity index (χ4n) is 2.56. The molecule has 0 saturated carbocycles. The smallest absolute Gasteiger partial charge is 0.416 e. The molecule has 0 radical (unpaired) electrons. The number of benzene rings is 1. The van der Waals surface area contributed by atoms with E-state index in [4.69, 9.17) is 4.74 Å². The first-order valence-corrected chi connectivity index (χ1v) is 7.20. The Labute approximate surface area is 127 Å². The number of alkyl halides is 3. The van der Waals surface area contributed by atoms with Gasteiger partial charge < -0.3 is 10.1 Å². The minimum absolute atomic E-state index is 0.0703. The van der Waals surface area contributed by atoms with Gasteiger partial charge in [0.2, 0.25) is 0 Å². The fourth-order valence-corrected chi connectivity index (χ4v) is 2.56. The maximum absolute atomic E-state index is 13.1. The third-order valence-electron chi connectivity index (χ3n) is 3.61. The van der Waals surface area contributed by atoms with E-state index in [0.29, 0.717) is 19.6 Å². The largest absolute Gasteiger partial charge is 0.465 e. The normalized spacial score (nSPS) is 19.9. The molecule has 122 valence electrons. The first-order valence-electron chi connectivity index (χ1n) is 7.20. The van der Waals surface area contributed by atoms with Crippen molar-refractivity contribution in [3.8, 4) is 0 Å². The highest BCUT2D eigenvalue weighted by atomic mass is 19.4. The van der Waals surface area contributed by atoms with Gasteiger partial charge in [-0.25, -0.2) is 0 Å². The minimum atomic E-state index is -4.40. The Morgan fingerprint density at radius 2 is 2.14 bits per heavy atom. The lowest BCUT2D eigenvalue weighted by molar-refractivity contribution is -0.150. The zero-order chi connectivity index (χ0) is 16.2. The maximum atomic E-state index is 13.1. The summed E-state index contributed by atoms with van der Waals surface area (Å²) in [5, 5.41) is 3.07. The van der Waals surface area contributed by atoms with Crippen LogP contribution in [-0.4, -0.2) is 43.2 Å². The molecule has 1 unspecified atom stereocenters. The van der Waals surface area contributed by atoms with Crippen LogP contribution in [0, 0.1) is 0 Å². The van der Waals surface area contributed by atoms with E-state index in [1.54, 1.807) is 17.9 Å². The van der Waals surface area contributed by atoms with Crippen molar-refractivity contribution in [2.75, 3.05) is 26.2 Å². The number of piperazine rings is 1. The van der Waals surface area contributed by atoms with Crippen LogP contribution in [0.3, 0.4) is 0 Å². The van der Waals surface area contributed by atoms with Gasteiger partial charge in [0.05, 0.1) is 12.2 Å². The summed E-state index contributed by atoms with van der Waals surface area (Å²) in [4.78, 5) is 13.7. The van der Waals surface area contributed by atoms with Crippen molar-refractivity contribution >= 4 is 5.97 Å². The van der Waals surface area contributed by atoms with Crippen molar-refractivity contribution in [1.82, 2.24) is 10.2 Å². The van der Waals surface area contributed by atoms with Gasteiger partial charge >= 0.3 is 12.1 Å². The van der Waals surface area contributed by atoms with E-state index in [2.05, 4.69) is 5.32 Å². The monoisotopic (exact) mass is 316 g/mol. The van der Waals surface area contributed by atoms with Crippen LogP contribution in [0.25, 0.3) is 0 Å². The van der Waals surface area contributed by atoms with Crippen molar-refractivity contribution < 1.29 is 22.7 Å². The molecule has 1 aliphatic heterocycles. The Balaban J connectivity index is 2.19. The second-order valence-corrected chi connectivity index (χ2v) is 5.10. The van der Waals surface area contributed by atoms with Gasteiger partial charge in [-0.05, 0) is 18.6 Å². The quantitative estimate of drug-likeness (QED) is 0.863. The van der Waals surface area contributed by atoms with Gasteiger partial charge in [0.1, 0.15) is 6.04 Å². The maximum Gasteiger partial charge on any atom is 0.416 e. The van der Waals surface area contributed by atoms with E-state index in [1.807, 2.05) is 0 Å². The number of halogens is 3. The molecule has 1 atom stereocenters. The Morgan fingerprint density at radius 1 is 1.41 bits per heavy atom. The lowest BCUT2D eigenvalue weighted by atomic mass is 10.0. The van der Waals surface area contributed by atoms with Crippen LogP contribution >= 0.6 is 0 Å². The predicted octanol–water partition coefficient (Wildman–Crippen LogP) is 2.04. The molecular weight excluding hydrogens is 297 g/mol. The standard InChI is InChI=1S/C15H19F3N2O2/c1-2-22-14(21)13-9-19-7-8-20(13)10-11-5-3-4-6-12(11)15(16,17)18/h3-6,13,19H,2,7-10H2,1H3. The average molecular weight is 316 g/mol. The van der Waals surface area contributed by atoms with Crippen molar-refractivity contribution in [2.24, 2.45) is 0 Å². The number of carbonyl (C=O) groups excluding carboxylic acids is 1. The Hall–Kier alpha value is -1.60. The van der Waals surface area contributed by atoms with Crippen molar-refractivity contribution in [3.05, 3.63) is 35.4 Å². The Kier molecular flexibility index (Phi) is 5.42. The first kappa shape index (κ1) is 16.8. The van der Waals surface area contributed by atoms with Gasteiger partial charge in [0, 0.05) is 26.2 Å². The van der Waals surface area contributed by atoms with Gasteiger partial charge in [-0.15, -0.1) is 0 Å². The fraction of sp³-hybridized carbons (Fsp3) is 0.533. The molecule has 1 N–H and O–H groups in total. The predicted molar refractivity (Wildman–Crippen MR) is 75.1 cm³/mol. The lowest BCUT2D eigenvalue weighted by Crippen LogP contribution is -2.55. The van der Waals surface area contributed by atoms with Gasteiger partial charge in [-0.3, -0.25) is 9.69 Å². The second-order valence-electron chi connectivity index (χ2n) is 5.10. The summed E-state index contributed by atoms with van der Waals surface area (Å²) >= 11 is 0. The molecular formula is C15H19F3N2O2. The van der Waals surface area contributed by atoms with Crippen LogP contribution in [0.15, 0.2) is 24.3 Å². The molecule has 1 fully saturated rings. The number of hydrogen-bond acceptors (Lipinski definition) is 4. The molecule has 1 heterocycles. The lowest BCUT2D eigenvalue weighted by Gasteiger charge is -2.34. The third-order valence-corrected chi connectivity index (χ3v) is 3.61. The third kappa shape index (κ3) is 3.98. The highest BCUT2D eigenvalue weighted by molar-refractivity contribution is 5.76. The van der Waals surface area contributed by atoms with Crippen LogP contribution in [0.5, 0.6) is 0 Å². The molecule has 1 aromatic rings. The summed E-state index contributed by atoms with van der Waals surface area (Å²) in [5.41, 5.74) is -0.484. The molecule has 1 aliphatic rings. The number of hydrogen-bond donors (Lipinski definition) is 1. The van der Waals surface area contributed by atoms with Gasteiger partial charge in [0.15, 0.2) is 0 Å². The topological polar surface area (TPSA) is 41.6 Å². The van der Waals surface area contributed by atoms with Crippen LogP contribution in [0.4, 0.5) is 13.2 Å². The molecule has 2 rings (SSSR count). The second kappa shape index (κ2) is 7.11. The molecule has 0 bridgehead atoms. The molecule has 1 saturated heterocycles. The summed E-state index contributed by atoms with van der Waals surface area (Å²) in [7, 11) is 0. The SMILES string of the molecule is CCOC(=O)C1CNCCN1Cc1ccccc1C(F)(F)F. The van der Waals surface area contributed by atoms with Crippen LogP contribution in [0.2, 0.25) is 0 Å². The zero-order valence-corrected chi connectivity index (χ0v) is 12.3. The summed E-state index contributed by atoms with van der Waals surface area (Å²) in [6, 6.07) is 4.90. The number of carbonyl (C=O) groups is 1. The van der Waals surface area contributed by atoms with Crippen molar-refractivity contribution in [3.63, 3.8) is 0 Å². The molecule has 0 spiro atoms. The average Bonchev–Trinajstić information content (AvgIpc) is 2.47. The highest BCUT2D eigenvalue weighted by Crippen LogP contribution is 2.32. The van der Waals surface area contributed by atoms with Crippen LogP contribution in [-0.2, 0) is 22.3 Å². The number of rotatable bonds is 4. The van der Waals surface area contributed by atoms with Gasteiger partial charge in [0.25, 0.3) is 0 Å². The molecule has 0 aromatic heterocycles. The first-order chi connectivity index (χ1) is 10.4. The van der Waals surface area contributed by atoms with Crippen LogP contribution < -0.4 is 5.32 Å². The number of nitrogens with zero attached hydrogens (tertiary/aromatic N) is 1. The van der Waals surface area contributed by atoms with E-state index in [9.17, 15) is 18.0 Å². The summed E-state index contributed by atoms with van der Waals surface area (Å²) in [6.45, 7) is 3.54. The molecule has 1 aromatic carbocycles. The Morgan fingerprint density at radius 3 is 2.82 bits per heavy atom. The summed E-state index contributed by atoms with van der Waals surface area (Å²) in [5.74, 6) is -0.404. The van der Waals surface area contributed by atoms with E-state index < -0.39 is 23.8 Å². The molecule has 0 aliphatic carbocycles. The van der Waals surface area contributed by atoms with Gasteiger partial charge in [-0.1, -0.05) is 18.2 Å².